The SMILES string of the molecule is CC(=O)N1C[C@@H]2C[C@H]3CN(CC(C)C)[C@@H]([C@@H]2Cc2ccccc2)[C@]31C(=O)NCC(C)C. The zero-order chi connectivity index (χ0) is 22.3. The number of carbonyl (C=O) groups excluding carboxylic acids is 2. The van der Waals surface area contributed by atoms with Crippen molar-refractivity contribution in [3.05, 3.63) is 35.9 Å². The number of piperidine rings is 2. The average Bonchev–Trinajstić information content (AvgIpc) is 2.97. The van der Waals surface area contributed by atoms with Crippen molar-refractivity contribution in [2.45, 2.75) is 59.0 Å². The summed E-state index contributed by atoms with van der Waals surface area (Å²) in [7, 11) is 0. The fraction of sp³-hybridized carbons (Fsp3) is 0.692. The minimum atomic E-state index is -0.732. The van der Waals surface area contributed by atoms with E-state index in [1.807, 2.05) is 4.90 Å². The van der Waals surface area contributed by atoms with E-state index in [1.54, 1.807) is 6.92 Å². The van der Waals surface area contributed by atoms with Gasteiger partial charge in [0, 0.05) is 45.1 Å². The molecule has 3 saturated heterocycles. The number of likely N-dealkylation sites (tertiary alicyclic amines) is 1. The molecule has 5 heteroatoms. The van der Waals surface area contributed by atoms with E-state index in [0.29, 0.717) is 36.8 Å². The highest BCUT2D eigenvalue weighted by atomic mass is 16.2. The smallest absolute Gasteiger partial charge is 0.247 e. The molecule has 3 heterocycles. The summed E-state index contributed by atoms with van der Waals surface area (Å²) in [4.78, 5) is 31.4. The second-order valence-electron chi connectivity index (χ2n) is 10.9. The summed E-state index contributed by atoms with van der Waals surface area (Å²) in [5.74, 6) is 2.10. The molecule has 3 aliphatic heterocycles. The van der Waals surface area contributed by atoms with Gasteiger partial charge in [-0.15, -0.1) is 0 Å². The third-order valence-corrected chi connectivity index (χ3v) is 7.71. The van der Waals surface area contributed by atoms with E-state index in [4.69, 9.17) is 0 Å². The molecule has 170 valence electrons. The van der Waals surface area contributed by atoms with Crippen LogP contribution in [0.4, 0.5) is 0 Å². The van der Waals surface area contributed by atoms with Crippen LogP contribution in [0.25, 0.3) is 0 Å². The van der Waals surface area contributed by atoms with Crippen LogP contribution in [0, 0.1) is 29.6 Å². The Labute approximate surface area is 187 Å². The lowest BCUT2D eigenvalue weighted by atomic mass is 9.57. The van der Waals surface area contributed by atoms with E-state index in [9.17, 15) is 9.59 Å². The Kier molecular flexibility index (Phi) is 6.17. The molecular weight excluding hydrogens is 386 g/mol. The van der Waals surface area contributed by atoms with Gasteiger partial charge >= 0.3 is 0 Å². The Morgan fingerprint density at radius 3 is 2.42 bits per heavy atom. The number of carbonyl (C=O) groups is 2. The Morgan fingerprint density at radius 1 is 1.10 bits per heavy atom. The minimum absolute atomic E-state index is 0.0453. The highest BCUT2D eigenvalue weighted by molar-refractivity contribution is 5.93. The molecule has 1 aliphatic carbocycles. The Hall–Kier alpha value is -1.88. The molecule has 2 amide bonds. The normalized spacial score (nSPS) is 32.2. The lowest BCUT2D eigenvalue weighted by molar-refractivity contribution is -0.172. The molecule has 4 bridgehead atoms. The summed E-state index contributed by atoms with van der Waals surface area (Å²) in [5.41, 5.74) is 0.601. The van der Waals surface area contributed by atoms with Gasteiger partial charge in [-0.05, 0) is 42.1 Å². The second kappa shape index (κ2) is 8.57. The molecule has 4 aliphatic rings. The van der Waals surface area contributed by atoms with Crippen LogP contribution in [0.15, 0.2) is 30.3 Å². The van der Waals surface area contributed by atoms with Crippen molar-refractivity contribution >= 4 is 11.8 Å². The highest BCUT2D eigenvalue weighted by Gasteiger charge is 2.71. The number of amides is 2. The fourth-order valence-electron chi connectivity index (χ4n) is 6.77. The Balaban J connectivity index is 1.77. The minimum Gasteiger partial charge on any atom is -0.354 e. The topological polar surface area (TPSA) is 52.7 Å². The van der Waals surface area contributed by atoms with Gasteiger partial charge in [-0.3, -0.25) is 14.5 Å². The maximum absolute atomic E-state index is 14.0. The van der Waals surface area contributed by atoms with E-state index in [-0.39, 0.29) is 23.8 Å². The molecule has 0 spiro atoms. The molecule has 0 aromatic heterocycles. The first-order valence-corrected chi connectivity index (χ1v) is 12.1. The molecule has 31 heavy (non-hydrogen) atoms. The maximum atomic E-state index is 14.0. The lowest BCUT2D eigenvalue weighted by Gasteiger charge is -2.61. The van der Waals surface area contributed by atoms with E-state index in [1.165, 1.54) is 5.56 Å². The van der Waals surface area contributed by atoms with Crippen LogP contribution in [-0.2, 0) is 16.0 Å². The molecule has 0 unspecified atom stereocenters. The molecular formula is C26H39N3O2. The first-order chi connectivity index (χ1) is 14.7. The van der Waals surface area contributed by atoms with Crippen molar-refractivity contribution in [2.24, 2.45) is 29.6 Å². The van der Waals surface area contributed by atoms with Crippen molar-refractivity contribution in [1.29, 1.82) is 0 Å². The molecule has 5 nitrogen and oxygen atoms in total. The number of rotatable bonds is 7. The summed E-state index contributed by atoms with van der Waals surface area (Å²) in [6, 6.07) is 10.8. The number of fused-ring (bicyclic) bond motifs is 1. The number of benzene rings is 1. The highest BCUT2D eigenvalue weighted by Crippen LogP contribution is 2.57. The van der Waals surface area contributed by atoms with E-state index in [2.05, 4.69) is 68.2 Å². The number of nitrogens with zero attached hydrogens (tertiary/aromatic N) is 2. The van der Waals surface area contributed by atoms with E-state index < -0.39 is 5.54 Å². The molecule has 5 atom stereocenters. The molecule has 1 saturated carbocycles. The van der Waals surface area contributed by atoms with Crippen molar-refractivity contribution in [3.63, 3.8) is 0 Å². The first-order valence-electron chi connectivity index (χ1n) is 12.1. The molecule has 0 radical (unpaired) electrons. The van der Waals surface area contributed by atoms with Gasteiger partial charge < -0.3 is 10.2 Å². The summed E-state index contributed by atoms with van der Waals surface area (Å²) in [6.07, 6.45) is 2.02. The molecule has 5 rings (SSSR count). The molecule has 4 fully saturated rings. The maximum Gasteiger partial charge on any atom is 0.247 e. The summed E-state index contributed by atoms with van der Waals surface area (Å²) in [5, 5.41) is 3.25. The van der Waals surface area contributed by atoms with Crippen LogP contribution in [0.1, 0.15) is 46.6 Å². The first kappa shape index (κ1) is 22.3. The summed E-state index contributed by atoms with van der Waals surface area (Å²) >= 11 is 0. The van der Waals surface area contributed by atoms with E-state index in [0.717, 1.165) is 25.9 Å². The largest absolute Gasteiger partial charge is 0.354 e. The van der Waals surface area contributed by atoms with Crippen LogP contribution in [0.5, 0.6) is 0 Å². The Morgan fingerprint density at radius 2 is 1.81 bits per heavy atom. The number of hydrogen-bond donors (Lipinski definition) is 1. The molecule has 1 aromatic carbocycles. The van der Waals surface area contributed by atoms with Crippen LogP contribution < -0.4 is 5.32 Å². The third kappa shape index (κ3) is 3.79. The molecule has 1 aromatic rings. The van der Waals surface area contributed by atoms with Gasteiger partial charge in [-0.2, -0.15) is 0 Å². The van der Waals surface area contributed by atoms with Crippen molar-refractivity contribution in [2.75, 3.05) is 26.2 Å². The molecule has 1 N–H and O–H groups in total. The summed E-state index contributed by atoms with van der Waals surface area (Å²) < 4.78 is 0. The quantitative estimate of drug-likeness (QED) is 0.730. The standard InChI is InChI=1S/C26H39N3O2/c1-17(2)13-27-25(31)26-22-12-21(15-29(26)19(5)30)23(11-20-9-7-6-8-10-20)24(26)28(16-22)14-18(3)4/h6-10,17-18,21-24H,11-16H2,1-5H3,(H,27,31)/t21-,22-,23+,24-,26-/m0/s1. The van der Waals surface area contributed by atoms with Crippen molar-refractivity contribution < 1.29 is 9.59 Å². The Bertz CT molecular complexity index is 808. The van der Waals surface area contributed by atoms with Gasteiger partial charge in [0.15, 0.2) is 0 Å². The zero-order valence-corrected chi connectivity index (χ0v) is 19.8. The average molecular weight is 426 g/mol. The predicted molar refractivity (Wildman–Crippen MR) is 123 cm³/mol. The fourth-order valence-corrected chi connectivity index (χ4v) is 6.77. The van der Waals surface area contributed by atoms with E-state index >= 15 is 0 Å². The van der Waals surface area contributed by atoms with Crippen molar-refractivity contribution in [3.8, 4) is 0 Å². The predicted octanol–water partition coefficient (Wildman–Crippen LogP) is 3.19. The van der Waals surface area contributed by atoms with Crippen LogP contribution in [0.2, 0.25) is 0 Å². The van der Waals surface area contributed by atoms with Crippen LogP contribution in [0.3, 0.4) is 0 Å². The van der Waals surface area contributed by atoms with Gasteiger partial charge in [0.25, 0.3) is 0 Å². The van der Waals surface area contributed by atoms with Crippen molar-refractivity contribution in [1.82, 2.24) is 15.1 Å². The number of hydrogen-bond acceptors (Lipinski definition) is 3. The van der Waals surface area contributed by atoms with Gasteiger partial charge in [0.1, 0.15) is 5.54 Å². The summed E-state index contributed by atoms with van der Waals surface area (Å²) in [6.45, 7) is 13.7. The monoisotopic (exact) mass is 425 g/mol. The second-order valence-corrected chi connectivity index (χ2v) is 10.9. The van der Waals surface area contributed by atoms with Gasteiger partial charge in [-0.1, -0.05) is 58.0 Å². The number of nitrogens with one attached hydrogen (secondary N) is 1. The van der Waals surface area contributed by atoms with Gasteiger partial charge in [0.05, 0.1) is 0 Å². The van der Waals surface area contributed by atoms with Crippen LogP contribution >= 0.6 is 0 Å². The lowest BCUT2D eigenvalue weighted by Crippen LogP contribution is -2.78. The third-order valence-electron chi connectivity index (χ3n) is 7.71. The van der Waals surface area contributed by atoms with Crippen LogP contribution in [-0.4, -0.2) is 59.4 Å². The van der Waals surface area contributed by atoms with Gasteiger partial charge in [0.2, 0.25) is 11.8 Å². The van der Waals surface area contributed by atoms with Gasteiger partial charge in [-0.25, -0.2) is 0 Å². The zero-order valence-electron chi connectivity index (χ0n) is 19.8.